The van der Waals surface area contributed by atoms with Crippen LogP contribution >= 0.6 is 24.0 Å². The van der Waals surface area contributed by atoms with Crippen LogP contribution in [0.25, 0.3) is 0 Å². The Kier molecular flexibility index (Phi) is 4.86. The molecule has 86 valence electrons. The van der Waals surface area contributed by atoms with E-state index in [9.17, 15) is 8.42 Å². The van der Waals surface area contributed by atoms with Gasteiger partial charge in [0.15, 0.2) is 0 Å². The Bertz CT molecular complexity index is 446. The Balaban J connectivity index is 0.00000196. The maximum Gasteiger partial charge on any atom is 0.244 e. The zero-order valence-corrected chi connectivity index (χ0v) is 10.7. The van der Waals surface area contributed by atoms with Gasteiger partial charge in [-0.15, -0.1) is 12.4 Å². The van der Waals surface area contributed by atoms with E-state index in [1.165, 1.54) is 26.2 Å². The molecule has 0 saturated carbocycles. The van der Waals surface area contributed by atoms with Crippen LogP contribution in [-0.4, -0.2) is 26.8 Å². The summed E-state index contributed by atoms with van der Waals surface area (Å²) in [5, 5.41) is 0.174. The van der Waals surface area contributed by atoms with Crippen molar-refractivity contribution in [3.63, 3.8) is 0 Å². The summed E-state index contributed by atoms with van der Waals surface area (Å²) in [4.78, 5) is 0.0316. The molecule has 0 heterocycles. The maximum atomic E-state index is 11.7. The summed E-state index contributed by atoms with van der Waals surface area (Å²) in [6.45, 7) is 0. The van der Waals surface area contributed by atoms with Crippen molar-refractivity contribution < 1.29 is 8.42 Å². The highest BCUT2D eigenvalue weighted by Crippen LogP contribution is 2.25. The summed E-state index contributed by atoms with van der Waals surface area (Å²) in [6.07, 6.45) is 0. The van der Waals surface area contributed by atoms with E-state index >= 15 is 0 Å². The van der Waals surface area contributed by atoms with E-state index in [0.717, 1.165) is 4.31 Å². The van der Waals surface area contributed by atoms with Crippen molar-refractivity contribution >= 4 is 39.7 Å². The van der Waals surface area contributed by atoms with Gasteiger partial charge in [0.05, 0.1) is 5.02 Å². The molecular formula is C8H12Cl2N2O2S. The van der Waals surface area contributed by atoms with Crippen LogP contribution in [0.5, 0.6) is 0 Å². The number of anilines is 1. The van der Waals surface area contributed by atoms with E-state index in [2.05, 4.69) is 0 Å². The first-order valence-electron chi connectivity index (χ1n) is 3.83. The maximum absolute atomic E-state index is 11.7. The number of halogens is 2. The molecular weight excluding hydrogens is 259 g/mol. The van der Waals surface area contributed by atoms with Gasteiger partial charge in [-0.2, -0.15) is 0 Å². The van der Waals surface area contributed by atoms with E-state index in [-0.39, 0.29) is 22.3 Å². The monoisotopic (exact) mass is 270 g/mol. The molecule has 0 radical (unpaired) electrons. The molecule has 0 unspecified atom stereocenters. The molecule has 0 aliphatic heterocycles. The molecule has 15 heavy (non-hydrogen) atoms. The van der Waals surface area contributed by atoms with Gasteiger partial charge in [-0.1, -0.05) is 11.6 Å². The minimum atomic E-state index is -3.51. The SMILES string of the molecule is CN(C)S(=O)(=O)c1cc(N)ccc1Cl.Cl. The molecule has 0 fully saturated rings. The Morgan fingerprint density at radius 1 is 1.33 bits per heavy atom. The third-order valence-corrected chi connectivity index (χ3v) is 4.01. The second-order valence-corrected chi connectivity index (χ2v) is 5.50. The molecule has 0 aliphatic rings. The summed E-state index contributed by atoms with van der Waals surface area (Å²) < 4.78 is 24.5. The van der Waals surface area contributed by atoms with Crippen LogP contribution in [0, 0.1) is 0 Å². The van der Waals surface area contributed by atoms with Gasteiger partial charge >= 0.3 is 0 Å². The first-order valence-corrected chi connectivity index (χ1v) is 5.65. The third-order valence-electron chi connectivity index (χ3n) is 1.71. The Morgan fingerprint density at radius 3 is 2.33 bits per heavy atom. The Labute approximate surface area is 100 Å². The number of sulfonamides is 1. The molecule has 1 aromatic rings. The van der Waals surface area contributed by atoms with Crippen LogP contribution in [0.3, 0.4) is 0 Å². The van der Waals surface area contributed by atoms with Crippen molar-refractivity contribution in [3.05, 3.63) is 23.2 Å². The topological polar surface area (TPSA) is 63.4 Å². The molecule has 0 aromatic heterocycles. The van der Waals surface area contributed by atoms with Crippen molar-refractivity contribution in [1.82, 2.24) is 4.31 Å². The van der Waals surface area contributed by atoms with Gasteiger partial charge in [-0.25, -0.2) is 12.7 Å². The molecule has 4 nitrogen and oxygen atoms in total. The lowest BCUT2D eigenvalue weighted by Gasteiger charge is -2.12. The smallest absolute Gasteiger partial charge is 0.244 e. The highest BCUT2D eigenvalue weighted by molar-refractivity contribution is 7.89. The predicted octanol–water partition coefficient (Wildman–Crippen LogP) is 1.59. The minimum Gasteiger partial charge on any atom is -0.399 e. The van der Waals surface area contributed by atoms with Crippen LogP contribution in [-0.2, 0) is 10.0 Å². The number of nitrogen functional groups attached to an aromatic ring is 1. The molecule has 7 heteroatoms. The Morgan fingerprint density at radius 2 is 1.87 bits per heavy atom. The van der Waals surface area contributed by atoms with Crippen LogP contribution < -0.4 is 5.73 Å². The average Bonchev–Trinajstić information content (AvgIpc) is 2.08. The fraction of sp³-hybridized carbons (Fsp3) is 0.250. The van der Waals surface area contributed by atoms with Crippen LogP contribution in [0.1, 0.15) is 0 Å². The largest absolute Gasteiger partial charge is 0.399 e. The highest BCUT2D eigenvalue weighted by atomic mass is 35.5. The predicted molar refractivity (Wildman–Crippen MR) is 64.0 cm³/mol. The molecule has 1 rings (SSSR count). The lowest BCUT2D eigenvalue weighted by Crippen LogP contribution is -2.22. The molecule has 2 N–H and O–H groups in total. The summed E-state index contributed by atoms with van der Waals surface area (Å²) in [7, 11) is -0.630. The first kappa shape index (κ1) is 14.5. The number of benzene rings is 1. The van der Waals surface area contributed by atoms with E-state index in [4.69, 9.17) is 17.3 Å². The Hall–Kier alpha value is -0.490. The number of nitrogens with zero attached hydrogens (tertiary/aromatic N) is 1. The van der Waals surface area contributed by atoms with Gasteiger partial charge in [0.1, 0.15) is 4.90 Å². The zero-order valence-electron chi connectivity index (χ0n) is 8.27. The first-order chi connectivity index (χ1) is 6.35. The number of hydrogen-bond donors (Lipinski definition) is 1. The van der Waals surface area contributed by atoms with Gasteiger partial charge in [0.25, 0.3) is 0 Å². The van der Waals surface area contributed by atoms with Crippen LogP contribution in [0.15, 0.2) is 23.1 Å². The van der Waals surface area contributed by atoms with Crippen molar-refractivity contribution in [2.45, 2.75) is 4.90 Å². The standard InChI is InChI=1S/C8H11ClN2O2S.ClH/c1-11(2)14(12,13)8-5-6(10)3-4-7(8)9;/h3-5H,10H2,1-2H3;1H. The van der Waals surface area contributed by atoms with Gasteiger partial charge in [-0.3, -0.25) is 0 Å². The number of hydrogen-bond acceptors (Lipinski definition) is 3. The van der Waals surface area contributed by atoms with Crippen molar-refractivity contribution in [1.29, 1.82) is 0 Å². The normalized spacial score (nSPS) is 11.2. The molecule has 0 atom stereocenters. The second kappa shape index (κ2) is 5.03. The molecule has 1 aromatic carbocycles. The molecule has 0 amide bonds. The van der Waals surface area contributed by atoms with E-state index < -0.39 is 10.0 Å². The van der Waals surface area contributed by atoms with E-state index in [1.807, 2.05) is 0 Å². The molecule has 0 aliphatic carbocycles. The van der Waals surface area contributed by atoms with Crippen molar-refractivity contribution in [2.75, 3.05) is 19.8 Å². The van der Waals surface area contributed by atoms with Gasteiger partial charge < -0.3 is 5.73 Å². The minimum absolute atomic E-state index is 0. The summed E-state index contributed by atoms with van der Waals surface area (Å²) in [5.74, 6) is 0. The van der Waals surface area contributed by atoms with E-state index in [1.54, 1.807) is 6.07 Å². The van der Waals surface area contributed by atoms with Crippen LogP contribution in [0.4, 0.5) is 5.69 Å². The van der Waals surface area contributed by atoms with Crippen LogP contribution in [0.2, 0.25) is 5.02 Å². The van der Waals surface area contributed by atoms with Gasteiger partial charge in [-0.05, 0) is 18.2 Å². The highest BCUT2D eigenvalue weighted by Gasteiger charge is 2.20. The summed E-state index contributed by atoms with van der Waals surface area (Å²) in [6, 6.07) is 4.36. The number of nitrogens with two attached hydrogens (primary N) is 1. The quantitative estimate of drug-likeness (QED) is 0.831. The lowest BCUT2D eigenvalue weighted by atomic mass is 10.3. The lowest BCUT2D eigenvalue weighted by molar-refractivity contribution is 0.521. The second-order valence-electron chi connectivity index (χ2n) is 2.98. The van der Waals surface area contributed by atoms with Gasteiger partial charge in [0.2, 0.25) is 10.0 Å². The fourth-order valence-electron chi connectivity index (χ4n) is 0.914. The fourth-order valence-corrected chi connectivity index (χ4v) is 2.32. The van der Waals surface area contributed by atoms with Gasteiger partial charge in [0, 0.05) is 19.8 Å². The molecule has 0 bridgehead atoms. The van der Waals surface area contributed by atoms with Crippen molar-refractivity contribution in [2.24, 2.45) is 0 Å². The van der Waals surface area contributed by atoms with Crippen molar-refractivity contribution in [3.8, 4) is 0 Å². The number of rotatable bonds is 2. The summed E-state index contributed by atoms with van der Waals surface area (Å²) >= 11 is 5.76. The molecule has 0 saturated heterocycles. The average molecular weight is 271 g/mol. The zero-order chi connectivity index (χ0) is 10.9. The summed E-state index contributed by atoms with van der Waals surface area (Å²) in [5.41, 5.74) is 5.85. The molecule has 0 spiro atoms. The van der Waals surface area contributed by atoms with E-state index in [0.29, 0.717) is 5.69 Å². The third kappa shape index (κ3) is 2.98.